The molecule has 0 amide bonds. The molecule has 1 saturated heterocycles. The molecule has 9 heteroatoms. The highest BCUT2D eigenvalue weighted by Gasteiger charge is 2.51. The van der Waals surface area contributed by atoms with Crippen LogP contribution in [0.2, 0.25) is 0 Å². The average Bonchev–Trinajstić information content (AvgIpc) is 3.15. The summed E-state index contributed by atoms with van der Waals surface area (Å²) in [6.07, 6.45) is 0. The molecule has 1 fully saturated rings. The van der Waals surface area contributed by atoms with Crippen LogP contribution in [0.15, 0.2) is 47.3 Å². The van der Waals surface area contributed by atoms with Crippen LogP contribution in [0.1, 0.15) is 38.8 Å². The Morgan fingerprint density at radius 3 is 2.23 bits per heavy atom. The summed E-state index contributed by atoms with van der Waals surface area (Å²) in [5.41, 5.74) is 2.34. The number of para-hydroxylation sites is 1. The molecule has 2 aromatic carbocycles. The summed E-state index contributed by atoms with van der Waals surface area (Å²) in [6, 6.07) is 13.6. The first kappa shape index (κ1) is 21.3. The maximum Gasteiger partial charge on any atom is 0.494 e. The van der Waals surface area contributed by atoms with Crippen molar-refractivity contribution < 1.29 is 14.0 Å². The molecule has 2 heterocycles. The third-order valence-corrected chi connectivity index (χ3v) is 6.03. The van der Waals surface area contributed by atoms with Crippen LogP contribution in [-0.2, 0) is 23.0 Å². The van der Waals surface area contributed by atoms with E-state index in [1.54, 1.807) is 13.1 Å². The van der Waals surface area contributed by atoms with E-state index in [4.69, 9.17) is 14.0 Å². The van der Waals surface area contributed by atoms with Gasteiger partial charge in [-0.25, -0.2) is 4.79 Å². The zero-order chi connectivity index (χ0) is 22.4. The van der Waals surface area contributed by atoms with Crippen molar-refractivity contribution in [3.63, 3.8) is 0 Å². The Labute approximate surface area is 181 Å². The minimum atomic E-state index is -0.397. The van der Waals surface area contributed by atoms with Crippen molar-refractivity contribution in [1.29, 1.82) is 0 Å². The van der Waals surface area contributed by atoms with E-state index in [2.05, 4.69) is 10.4 Å². The largest absolute Gasteiger partial charge is 0.494 e. The fraction of sp³-hybridized carbons (Fsp3) is 0.409. The lowest BCUT2D eigenvalue weighted by molar-refractivity contribution is 0.00578. The van der Waals surface area contributed by atoms with Gasteiger partial charge in [-0.05, 0) is 67.7 Å². The molecule has 4 rings (SSSR count). The van der Waals surface area contributed by atoms with Crippen LogP contribution in [0.3, 0.4) is 0 Å². The van der Waals surface area contributed by atoms with Gasteiger partial charge in [-0.1, -0.05) is 36.4 Å². The van der Waals surface area contributed by atoms with Gasteiger partial charge >= 0.3 is 12.8 Å². The topological polar surface area (TPSA) is 80.4 Å². The number of benzene rings is 2. The third-order valence-electron chi connectivity index (χ3n) is 6.03. The van der Waals surface area contributed by atoms with Crippen LogP contribution in [-0.4, -0.2) is 38.1 Å². The van der Waals surface area contributed by atoms with Crippen molar-refractivity contribution >= 4 is 12.6 Å². The number of hydrogen-bond acceptors (Lipinski definition) is 6. The molecule has 1 aromatic heterocycles. The van der Waals surface area contributed by atoms with E-state index in [9.17, 15) is 4.79 Å². The first-order valence-corrected chi connectivity index (χ1v) is 10.3. The van der Waals surface area contributed by atoms with Crippen LogP contribution in [0.25, 0.3) is 5.69 Å². The highest BCUT2D eigenvalue weighted by atomic mass is 16.7. The lowest BCUT2D eigenvalue weighted by atomic mass is 9.79. The molecule has 0 unspecified atom stereocenters. The molecule has 0 radical (unpaired) electrons. The lowest BCUT2D eigenvalue weighted by Crippen LogP contribution is -2.41. The second-order valence-corrected chi connectivity index (χ2v) is 8.84. The summed E-state index contributed by atoms with van der Waals surface area (Å²) < 4.78 is 20.8. The van der Waals surface area contributed by atoms with E-state index in [0.717, 1.165) is 16.6 Å². The second kappa shape index (κ2) is 7.65. The summed E-state index contributed by atoms with van der Waals surface area (Å²) in [7, 11) is 1.16. The molecule has 1 aliphatic rings. The van der Waals surface area contributed by atoms with Gasteiger partial charge in [0.2, 0.25) is 0 Å². The number of aryl methyl sites for hydroxylation is 2. The van der Waals surface area contributed by atoms with Gasteiger partial charge in [0, 0.05) is 7.05 Å². The third kappa shape index (κ3) is 3.91. The zero-order valence-corrected chi connectivity index (χ0v) is 18.7. The Balaban J connectivity index is 1.51. The fourth-order valence-corrected chi connectivity index (χ4v) is 3.36. The van der Waals surface area contributed by atoms with Gasteiger partial charge in [0.25, 0.3) is 0 Å². The van der Waals surface area contributed by atoms with E-state index >= 15 is 0 Å². The van der Waals surface area contributed by atoms with Gasteiger partial charge in [-0.3, -0.25) is 0 Å². The standard InChI is InChI=1S/C22H27BN4O4/c1-15-8-7-9-18(27-20(28)26(6)24-25-27)19(15)29-14-16-10-12-17(13-11-16)23-30-21(2,3)22(4,5)31-23/h7-13H,14H2,1-6H3. The van der Waals surface area contributed by atoms with Gasteiger partial charge < -0.3 is 14.0 Å². The second-order valence-electron chi connectivity index (χ2n) is 8.84. The summed E-state index contributed by atoms with van der Waals surface area (Å²) in [5.74, 6) is 0.597. The van der Waals surface area contributed by atoms with Gasteiger partial charge in [0.1, 0.15) is 18.0 Å². The quantitative estimate of drug-likeness (QED) is 0.587. The monoisotopic (exact) mass is 422 g/mol. The molecule has 31 heavy (non-hydrogen) atoms. The highest BCUT2D eigenvalue weighted by molar-refractivity contribution is 6.62. The molecule has 0 bridgehead atoms. The van der Waals surface area contributed by atoms with E-state index < -0.39 is 7.12 Å². The van der Waals surface area contributed by atoms with Crippen molar-refractivity contribution in [2.45, 2.75) is 52.4 Å². The molecule has 162 valence electrons. The minimum absolute atomic E-state index is 0.331. The van der Waals surface area contributed by atoms with Crippen LogP contribution < -0.4 is 15.9 Å². The predicted octanol–water partition coefficient (Wildman–Crippen LogP) is 2.15. The highest BCUT2D eigenvalue weighted by Crippen LogP contribution is 2.36. The number of rotatable bonds is 5. The Morgan fingerprint density at radius 2 is 1.65 bits per heavy atom. The Hall–Kier alpha value is -2.91. The maximum atomic E-state index is 12.3. The van der Waals surface area contributed by atoms with Gasteiger partial charge in [0.15, 0.2) is 0 Å². The zero-order valence-electron chi connectivity index (χ0n) is 18.7. The smallest absolute Gasteiger partial charge is 0.486 e. The number of nitrogens with zero attached hydrogens (tertiary/aromatic N) is 4. The summed E-state index contributed by atoms with van der Waals surface area (Å²) in [5, 5.41) is 7.72. The van der Waals surface area contributed by atoms with Crippen LogP contribution in [0.4, 0.5) is 0 Å². The molecule has 0 N–H and O–H groups in total. The first-order valence-electron chi connectivity index (χ1n) is 10.3. The maximum absolute atomic E-state index is 12.3. The van der Waals surface area contributed by atoms with Crippen LogP contribution >= 0.6 is 0 Å². The van der Waals surface area contributed by atoms with Crippen molar-refractivity contribution in [3.8, 4) is 11.4 Å². The summed E-state index contributed by atoms with van der Waals surface area (Å²) in [6.45, 7) is 10.4. The molecular weight excluding hydrogens is 395 g/mol. The van der Waals surface area contributed by atoms with Crippen LogP contribution in [0.5, 0.6) is 5.75 Å². The van der Waals surface area contributed by atoms with Crippen molar-refractivity contribution in [3.05, 3.63) is 64.1 Å². The van der Waals surface area contributed by atoms with Gasteiger partial charge in [0.05, 0.1) is 11.2 Å². The SMILES string of the molecule is Cc1cccc(-n2nnn(C)c2=O)c1OCc1ccc(B2OC(C)(C)C(C)(C)O2)cc1. The molecule has 0 saturated carbocycles. The molecule has 0 atom stereocenters. The number of ether oxygens (including phenoxy) is 1. The number of hydrogen-bond donors (Lipinski definition) is 0. The van der Waals surface area contributed by atoms with Crippen LogP contribution in [0, 0.1) is 6.92 Å². The normalized spacial score (nSPS) is 17.2. The Kier molecular flexibility index (Phi) is 5.27. The molecule has 8 nitrogen and oxygen atoms in total. The Morgan fingerprint density at radius 1 is 1.00 bits per heavy atom. The molecule has 1 aliphatic heterocycles. The van der Waals surface area contributed by atoms with Gasteiger partial charge in [-0.15, -0.1) is 0 Å². The summed E-state index contributed by atoms with van der Waals surface area (Å²) >= 11 is 0. The molecule has 0 aliphatic carbocycles. The fourth-order valence-electron chi connectivity index (χ4n) is 3.36. The number of tetrazole rings is 1. The van der Waals surface area contributed by atoms with E-state index in [1.165, 1.54) is 9.36 Å². The first-order chi connectivity index (χ1) is 14.6. The van der Waals surface area contributed by atoms with Gasteiger partial charge in [-0.2, -0.15) is 9.36 Å². The molecule has 3 aromatic rings. The molecular formula is C22H27BN4O4. The van der Waals surface area contributed by atoms with Crippen molar-refractivity contribution in [1.82, 2.24) is 19.8 Å². The summed E-state index contributed by atoms with van der Waals surface area (Å²) in [4.78, 5) is 12.3. The van der Waals surface area contributed by atoms with Crippen molar-refractivity contribution in [2.24, 2.45) is 7.05 Å². The van der Waals surface area contributed by atoms with E-state index in [-0.39, 0.29) is 16.9 Å². The molecule has 0 spiro atoms. The van der Waals surface area contributed by atoms with E-state index in [1.807, 2.05) is 71.0 Å². The number of aromatic nitrogens is 4. The van der Waals surface area contributed by atoms with E-state index in [0.29, 0.717) is 18.0 Å². The minimum Gasteiger partial charge on any atom is -0.486 e. The average molecular weight is 422 g/mol. The predicted molar refractivity (Wildman–Crippen MR) is 118 cm³/mol. The lowest BCUT2D eigenvalue weighted by Gasteiger charge is -2.32. The Bertz CT molecular complexity index is 1140. The van der Waals surface area contributed by atoms with Crippen molar-refractivity contribution in [2.75, 3.05) is 0 Å².